The molecule has 7 nitrogen and oxygen atoms in total. The molecule has 0 atom stereocenters. The maximum Gasteiger partial charge on any atom is 0.341 e. The maximum absolute atomic E-state index is 14.0. The summed E-state index contributed by atoms with van der Waals surface area (Å²) >= 11 is 0. The van der Waals surface area contributed by atoms with Gasteiger partial charge in [0.25, 0.3) is 0 Å². The molecule has 10 heteroatoms. The molecule has 0 fully saturated rings. The summed E-state index contributed by atoms with van der Waals surface area (Å²) in [6.07, 6.45) is 2.38. The molecule has 1 aliphatic heterocycles. The third-order valence-electron chi connectivity index (χ3n) is 4.39. The van der Waals surface area contributed by atoms with E-state index in [1.165, 1.54) is 14.0 Å². The molecule has 0 saturated carbocycles. The van der Waals surface area contributed by atoms with Crippen molar-refractivity contribution in [2.45, 2.75) is 44.2 Å². The number of nitrogens with one attached hydrogen (secondary N) is 1. The largest absolute Gasteiger partial charge is 0.465 e. The number of nitrogens with zero attached hydrogens (tertiary/aromatic N) is 2. The van der Waals surface area contributed by atoms with Crippen molar-refractivity contribution >= 4 is 16.0 Å². The fourth-order valence-corrected chi connectivity index (χ4v) is 4.29. The number of benzene rings is 1. The van der Waals surface area contributed by atoms with E-state index >= 15 is 0 Å². The van der Waals surface area contributed by atoms with Gasteiger partial charge in [-0.1, -0.05) is 0 Å². The van der Waals surface area contributed by atoms with Crippen molar-refractivity contribution in [1.29, 1.82) is 0 Å². The number of carbonyl (C=O) groups is 1. The van der Waals surface area contributed by atoms with Gasteiger partial charge in [0.1, 0.15) is 17.2 Å². The molecule has 1 aromatic heterocycles. The number of hydrogen-bond acceptors (Lipinski definition) is 5. The van der Waals surface area contributed by atoms with E-state index in [2.05, 4.69) is 9.82 Å². The van der Waals surface area contributed by atoms with Crippen LogP contribution in [0, 0.1) is 18.6 Å². The van der Waals surface area contributed by atoms with Crippen LogP contribution in [0.2, 0.25) is 0 Å². The number of rotatable bonds is 5. The van der Waals surface area contributed by atoms with Crippen LogP contribution < -0.4 is 4.72 Å². The first-order valence-electron chi connectivity index (χ1n) is 8.36. The number of ether oxygens (including phenoxy) is 1. The number of halogens is 2. The molecule has 27 heavy (non-hydrogen) atoms. The van der Waals surface area contributed by atoms with Crippen molar-refractivity contribution in [2.24, 2.45) is 0 Å². The summed E-state index contributed by atoms with van der Waals surface area (Å²) in [4.78, 5) is 11.1. The number of fused-ring (bicyclic) bond motifs is 1. The monoisotopic (exact) mass is 399 g/mol. The molecule has 2 aromatic rings. The van der Waals surface area contributed by atoms with Gasteiger partial charge in [-0.3, -0.25) is 4.68 Å². The van der Waals surface area contributed by atoms with Crippen LogP contribution in [0.1, 0.15) is 40.2 Å². The van der Waals surface area contributed by atoms with Gasteiger partial charge in [0.05, 0.1) is 25.0 Å². The highest BCUT2D eigenvalue weighted by molar-refractivity contribution is 7.89. The first-order chi connectivity index (χ1) is 12.7. The Bertz CT molecular complexity index is 979. The molecule has 0 aliphatic carbocycles. The lowest BCUT2D eigenvalue weighted by Crippen LogP contribution is -2.26. The van der Waals surface area contributed by atoms with Crippen LogP contribution in [-0.4, -0.2) is 31.3 Å². The van der Waals surface area contributed by atoms with Gasteiger partial charge in [-0.05, 0) is 43.9 Å². The van der Waals surface area contributed by atoms with Crippen LogP contribution >= 0.6 is 0 Å². The molecular formula is C17H19F2N3O4S. The predicted octanol–water partition coefficient (Wildman–Crippen LogP) is 2.07. The number of hydrogen-bond donors (Lipinski definition) is 1. The fourth-order valence-electron chi connectivity index (χ4n) is 3.19. The van der Waals surface area contributed by atoms with Crippen molar-refractivity contribution in [3.05, 3.63) is 46.3 Å². The molecule has 0 bridgehead atoms. The van der Waals surface area contributed by atoms with E-state index in [1.807, 2.05) is 0 Å². The molecule has 0 amide bonds. The van der Waals surface area contributed by atoms with Gasteiger partial charge >= 0.3 is 5.97 Å². The van der Waals surface area contributed by atoms with Gasteiger partial charge < -0.3 is 4.74 Å². The lowest BCUT2D eigenvalue weighted by atomic mass is 10.0. The quantitative estimate of drug-likeness (QED) is 0.778. The third kappa shape index (κ3) is 3.72. The van der Waals surface area contributed by atoms with Gasteiger partial charge in [0.2, 0.25) is 10.0 Å². The van der Waals surface area contributed by atoms with Gasteiger partial charge in [0.15, 0.2) is 4.90 Å². The Morgan fingerprint density at radius 1 is 1.30 bits per heavy atom. The number of aryl methyl sites for hydroxylation is 2. The highest BCUT2D eigenvalue weighted by atomic mass is 32.2. The molecule has 146 valence electrons. The average Bonchev–Trinajstić information content (AvgIpc) is 2.96. The van der Waals surface area contributed by atoms with E-state index in [9.17, 15) is 22.0 Å². The molecule has 0 saturated heterocycles. The minimum Gasteiger partial charge on any atom is -0.465 e. The van der Waals surface area contributed by atoms with E-state index in [0.717, 1.165) is 25.0 Å². The standard InChI is InChI=1S/C17H19F2N3O4S/c1-10-7-11(18)16(12(19)8-10)27(24,25)20-9-13-15(17(23)26-2)14-5-3-4-6-22(14)21-13/h7-8,20H,3-6,9H2,1-2H3. The zero-order valence-corrected chi connectivity index (χ0v) is 15.7. The second-order valence-electron chi connectivity index (χ2n) is 6.32. The van der Waals surface area contributed by atoms with E-state index in [0.29, 0.717) is 18.7 Å². The number of sulfonamides is 1. The smallest absolute Gasteiger partial charge is 0.341 e. The van der Waals surface area contributed by atoms with Crippen molar-refractivity contribution in [1.82, 2.24) is 14.5 Å². The highest BCUT2D eigenvalue weighted by Crippen LogP contribution is 2.24. The second-order valence-corrected chi connectivity index (χ2v) is 8.03. The van der Waals surface area contributed by atoms with Gasteiger partial charge in [-0.25, -0.2) is 26.7 Å². The third-order valence-corrected chi connectivity index (χ3v) is 5.85. The molecular weight excluding hydrogens is 380 g/mol. The minimum atomic E-state index is -4.49. The molecule has 1 N–H and O–H groups in total. The zero-order chi connectivity index (χ0) is 19.8. The summed E-state index contributed by atoms with van der Waals surface area (Å²) in [6, 6.07) is 1.87. The Balaban J connectivity index is 1.93. The van der Waals surface area contributed by atoms with Crippen molar-refractivity contribution in [3.63, 3.8) is 0 Å². The average molecular weight is 399 g/mol. The normalized spacial score (nSPS) is 14.1. The Hall–Kier alpha value is -2.33. The predicted molar refractivity (Wildman–Crippen MR) is 91.6 cm³/mol. The van der Waals surface area contributed by atoms with Crippen LogP contribution in [0.15, 0.2) is 17.0 Å². The molecule has 0 unspecified atom stereocenters. The van der Waals surface area contributed by atoms with E-state index < -0.39 is 32.5 Å². The second kappa shape index (κ2) is 7.35. The Morgan fingerprint density at radius 2 is 1.96 bits per heavy atom. The van der Waals surface area contributed by atoms with Gasteiger partial charge in [0, 0.05) is 6.54 Å². The number of aromatic nitrogens is 2. The molecule has 3 rings (SSSR count). The number of esters is 1. The lowest BCUT2D eigenvalue weighted by molar-refractivity contribution is 0.0597. The lowest BCUT2D eigenvalue weighted by Gasteiger charge is -2.13. The molecule has 0 radical (unpaired) electrons. The topological polar surface area (TPSA) is 90.3 Å². The molecule has 0 spiro atoms. The number of carbonyl (C=O) groups excluding carboxylic acids is 1. The van der Waals surface area contributed by atoms with Crippen LogP contribution in [0.25, 0.3) is 0 Å². The maximum atomic E-state index is 14.0. The summed E-state index contributed by atoms with van der Waals surface area (Å²) in [7, 11) is -3.27. The van der Waals surface area contributed by atoms with Gasteiger partial charge in [-0.15, -0.1) is 0 Å². The Morgan fingerprint density at radius 3 is 2.59 bits per heavy atom. The summed E-state index contributed by atoms with van der Waals surface area (Å²) in [5, 5.41) is 4.28. The van der Waals surface area contributed by atoms with Crippen molar-refractivity contribution in [2.75, 3.05) is 7.11 Å². The minimum absolute atomic E-state index is 0.162. The van der Waals surface area contributed by atoms with Crippen LogP contribution in [0.3, 0.4) is 0 Å². The van der Waals surface area contributed by atoms with Crippen LogP contribution in [-0.2, 0) is 34.3 Å². The molecule has 2 heterocycles. The summed E-state index contributed by atoms with van der Waals surface area (Å²) in [5.74, 6) is -2.99. The fraction of sp³-hybridized carbons (Fsp3) is 0.412. The first-order valence-corrected chi connectivity index (χ1v) is 9.85. The first kappa shape index (κ1) is 19.4. The van der Waals surface area contributed by atoms with E-state index in [1.54, 1.807) is 4.68 Å². The summed E-state index contributed by atoms with van der Waals surface area (Å²) < 4.78 is 61.4. The van der Waals surface area contributed by atoms with Crippen LogP contribution in [0.5, 0.6) is 0 Å². The SMILES string of the molecule is COC(=O)c1c(CNS(=O)(=O)c2c(F)cc(C)cc2F)nn2c1CCCC2. The zero-order valence-electron chi connectivity index (χ0n) is 14.9. The Labute approximate surface area is 155 Å². The molecule has 1 aromatic carbocycles. The van der Waals surface area contributed by atoms with E-state index in [-0.39, 0.29) is 23.4 Å². The summed E-state index contributed by atoms with van der Waals surface area (Å²) in [6.45, 7) is 1.67. The molecule has 1 aliphatic rings. The van der Waals surface area contributed by atoms with Crippen LogP contribution in [0.4, 0.5) is 8.78 Å². The summed E-state index contributed by atoms with van der Waals surface area (Å²) in [5.41, 5.74) is 1.30. The van der Waals surface area contributed by atoms with E-state index in [4.69, 9.17) is 4.74 Å². The Kier molecular flexibility index (Phi) is 5.29. The highest BCUT2D eigenvalue weighted by Gasteiger charge is 2.29. The number of methoxy groups -OCH3 is 1. The van der Waals surface area contributed by atoms with Gasteiger partial charge in [-0.2, -0.15) is 5.10 Å². The van der Waals surface area contributed by atoms with Crippen molar-refractivity contribution in [3.8, 4) is 0 Å². The van der Waals surface area contributed by atoms with Crippen molar-refractivity contribution < 1.29 is 26.7 Å².